The molecular weight excluding hydrogens is 252 g/mol. The number of nitrogens with one attached hydrogen (secondary N) is 1. The Kier molecular flexibility index (Phi) is 4.92. The van der Waals surface area contributed by atoms with Crippen molar-refractivity contribution >= 4 is 5.91 Å². The van der Waals surface area contributed by atoms with E-state index in [1.54, 1.807) is 0 Å². The summed E-state index contributed by atoms with van der Waals surface area (Å²) in [5.41, 5.74) is -1.76. The topological polar surface area (TPSA) is 52.6 Å². The molecule has 1 unspecified atom stereocenters. The first-order valence-electron chi connectivity index (χ1n) is 7.79. The van der Waals surface area contributed by atoms with E-state index in [0.717, 1.165) is 6.42 Å². The molecule has 20 heavy (non-hydrogen) atoms. The van der Waals surface area contributed by atoms with Crippen molar-refractivity contribution in [3.63, 3.8) is 0 Å². The molecule has 1 aliphatic rings. The van der Waals surface area contributed by atoms with Gasteiger partial charge in [0, 0.05) is 36.5 Å². The summed E-state index contributed by atoms with van der Waals surface area (Å²) < 4.78 is 0. The molecule has 0 spiro atoms. The minimum atomic E-state index is -1.27. The van der Waals surface area contributed by atoms with Crippen LogP contribution in [0, 0.1) is 0 Å². The van der Waals surface area contributed by atoms with Gasteiger partial charge in [0.25, 0.3) is 5.91 Å². The minimum Gasteiger partial charge on any atom is -0.380 e. The summed E-state index contributed by atoms with van der Waals surface area (Å²) in [5.74, 6) is -0.114. The number of hydrogen-bond donors (Lipinski definition) is 2. The van der Waals surface area contributed by atoms with Gasteiger partial charge in [-0.3, -0.25) is 4.79 Å². The van der Waals surface area contributed by atoms with Gasteiger partial charge < -0.3 is 15.3 Å². The van der Waals surface area contributed by atoms with Crippen LogP contribution >= 0.6 is 0 Å². The second-order valence-corrected chi connectivity index (χ2v) is 7.63. The third-order valence-corrected chi connectivity index (χ3v) is 4.27. The minimum absolute atomic E-state index is 0.114. The summed E-state index contributed by atoms with van der Waals surface area (Å²) in [7, 11) is 0. The van der Waals surface area contributed by atoms with Gasteiger partial charge in [0.2, 0.25) is 0 Å². The Morgan fingerprint density at radius 2 is 1.65 bits per heavy atom. The smallest absolute Gasteiger partial charge is 0.254 e. The molecule has 1 fully saturated rings. The summed E-state index contributed by atoms with van der Waals surface area (Å²) in [5, 5.41) is 14.5. The Hall–Kier alpha value is -0.610. The monoisotopic (exact) mass is 284 g/mol. The van der Waals surface area contributed by atoms with Crippen molar-refractivity contribution in [2.24, 2.45) is 0 Å². The van der Waals surface area contributed by atoms with Gasteiger partial charge in [-0.05, 0) is 48.0 Å². The molecule has 1 saturated heterocycles. The van der Waals surface area contributed by atoms with E-state index in [1.165, 1.54) is 0 Å². The number of hydrogen-bond acceptors (Lipinski definition) is 3. The Balaban J connectivity index is 3.05. The number of piperidine rings is 1. The quantitative estimate of drug-likeness (QED) is 0.833. The Labute approximate surface area is 123 Å². The van der Waals surface area contributed by atoms with Gasteiger partial charge in [-0.1, -0.05) is 6.92 Å². The molecule has 0 aromatic rings. The second-order valence-electron chi connectivity index (χ2n) is 7.63. The summed E-state index contributed by atoms with van der Waals surface area (Å²) in [6.07, 6.45) is 1.81. The molecule has 0 aliphatic carbocycles. The third-order valence-electron chi connectivity index (χ3n) is 4.27. The van der Waals surface area contributed by atoms with Crippen LogP contribution in [0.2, 0.25) is 0 Å². The van der Waals surface area contributed by atoms with Crippen LogP contribution < -0.4 is 5.32 Å². The lowest BCUT2D eigenvalue weighted by molar-refractivity contribution is -0.163. The second kappa shape index (κ2) is 5.64. The number of amides is 1. The maximum Gasteiger partial charge on any atom is 0.254 e. The van der Waals surface area contributed by atoms with Crippen LogP contribution in [0.3, 0.4) is 0 Å². The van der Waals surface area contributed by atoms with Crippen LogP contribution in [0.15, 0.2) is 0 Å². The zero-order valence-corrected chi connectivity index (χ0v) is 14.2. The zero-order chi connectivity index (χ0) is 15.8. The Morgan fingerprint density at radius 3 is 2.00 bits per heavy atom. The standard InChI is InChI=1S/C16H32N2O2/c1-8-12(3)18(9-2)13(19)16(20)10-14(4,5)17-15(6,7)11-16/h12,17,20H,8-11H2,1-7H3. The SMILES string of the molecule is CCC(C)N(CC)C(=O)C1(O)CC(C)(C)NC(C)(C)C1. The van der Waals surface area contributed by atoms with Crippen LogP contribution in [0.1, 0.15) is 67.7 Å². The molecule has 0 aromatic carbocycles. The predicted molar refractivity (Wildman–Crippen MR) is 82.6 cm³/mol. The first-order chi connectivity index (χ1) is 8.96. The van der Waals surface area contributed by atoms with Crippen LogP contribution in [0.4, 0.5) is 0 Å². The van der Waals surface area contributed by atoms with E-state index in [4.69, 9.17) is 0 Å². The van der Waals surface area contributed by atoms with Crippen molar-refractivity contribution in [3.8, 4) is 0 Å². The van der Waals surface area contributed by atoms with Crippen LogP contribution in [-0.2, 0) is 4.79 Å². The molecule has 0 saturated carbocycles. The predicted octanol–water partition coefficient (Wildman–Crippen LogP) is 2.31. The normalized spacial score (nSPS) is 25.0. The van der Waals surface area contributed by atoms with Gasteiger partial charge in [-0.2, -0.15) is 0 Å². The molecule has 118 valence electrons. The number of carbonyl (C=O) groups excluding carboxylic acids is 1. The van der Waals surface area contributed by atoms with Gasteiger partial charge in [-0.15, -0.1) is 0 Å². The highest BCUT2D eigenvalue weighted by Crippen LogP contribution is 2.37. The van der Waals surface area contributed by atoms with E-state index >= 15 is 0 Å². The van der Waals surface area contributed by atoms with Gasteiger partial charge in [-0.25, -0.2) is 0 Å². The molecular formula is C16H32N2O2. The summed E-state index contributed by atoms with van der Waals surface area (Å²) in [4.78, 5) is 14.7. The van der Waals surface area contributed by atoms with E-state index in [0.29, 0.717) is 19.4 Å². The van der Waals surface area contributed by atoms with E-state index in [9.17, 15) is 9.90 Å². The molecule has 1 rings (SSSR count). The molecule has 2 N–H and O–H groups in total. The molecule has 1 amide bonds. The first-order valence-corrected chi connectivity index (χ1v) is 7.79. The summed E-state index contributed by atoms with van der Waals surface area (Å²) >= 11 is 0. The van der Waals surface area contributed by atoms with Crippen molar-refractivity contribution in [1.29, 1.82) is 0 Å². The van der Waals surface area contributed by atoms with E-state index < -0.39 is 5.60 Å². The number of nitrogens with zero attached hydrogens (tertiary/aromatic N) is 1. The number of rotatable bonds is 4. The molecule has 0 radical (unpaired) electrons. The largest absolute Gasteiger partial charge is 0.380 e. The Bertz CT molecular complexity index is 347. The van der Waals surface area contributed by atoms with Gasteiger partial charge >= 0.3 is 0 Å². The zero-order valence-electron chi connectivity index (χ0n) is 14.2. The maximum absolute atomic E-state index is 12.9. The maximum atomic E-state index is 12.9. The van der Waals surface area contributed by atoms with Crippen molar-refractivity contribution in [1.82, 2.24) is 10.2 Å². The van der Waals surface area contributed by atoms with E-state index in [1.807, 2.05) is 46.4 Å². The number of aliphatic hydroxyl groups is 1. The van der Waals surface area contributed by atoms with Gasteiger partial charge in [0.05, 0.1) is 0 Å². The first kappa shape index (κ1) is 17.4. The molecule has 4 nitrogen and oxygen atoms in total. The number of likely N-dealkylation sites (N-methyl/N-ethyl adjacent to an activating group) is 1. The summed E-state index contributed by atoms with van der Waals surface area (Å²) in [6, 6.07) is 0.164. The lowest BCUT2D eigenvalue weighted by Gasteiger charge is -2.51. The fraction of sp³-hybridized carbons (Fsp3) is 0.938. The lowest BCUT2D eigenvalue weighted by atomic mass is 9.72. The average Bonchev–Trinajstić information content (AvgIpc) is 2.24. The van der Waals surface area contributed by atoms with Crippen LogP contribution in [0.25, 0.3) is 0 Å². The Morgan fingerprint density at radius 1 is 1.20 bits per heavy atom. The van der Waals surface area contributed by atoms with Crippen LogP contribution in [0.5, 0.6) is 0 Å². The van der Waals surface area contributed by atoms with Gasteiger partial charge in [0.1, 0.15) is 5.60 Å². The van der Waals surface area contributed by atoms with Crippen molar-refractivity contribution in [2.45, 2.75) is 90.4 Å². The highest BCUT2D eigenvalue weighted by molar-refractivity contribution is 5.85. The fourth-order valence-electron chi connectivity index (χ4n) is 3.82. The highest BCUT2D eigenvalue weighted by atomic mass is 16.3. The molecule has 4 heteroatoms. The van der Waals surface area contributed by atoms with Gasteiger partial charge in [0.15, 0.2) is 0 Å². The fourth-order valence-corrected chi connectivity index (χ4v) is 3.82. The van der Waals surface area contributed by atoms with Crippen molar-refractivity contribution in [2.75, 3.05) is 6.54 Å². The third kappa shape index (κ3) is 3.73. The molecule has 0 aromatic heterocycles. The number of carbonyl (C=O) groups is 1. The molecule has 1 heterocycles. The molecule has 1 atom stereocenters. The lowest BCUT2D eigenvalue weighted by Crippen LogP contribution is -2.67. The molecule has 0 bridgehead atoms. The molecule has 1 aliphatic heterocycles. The van der Waals surface area contributed by atoms with E-state index in [-0.39, 0.29) is 23.0 Å². The summed E-state index contributed by atoms with van der Waals surface area (Å²) in [6.45, 7) is 14.9. The van der Waals surface area contributed by atoms with Crippen molar-refractivity contribution in [3.05, 3.63) is 0 Å². The van der Waals surface area contributed by atoms with Crippen molar-refractivity contribution < 1.29 is 9.90 Å². The van der Waals surface area contributed by atoms with Crippen LogP contribution in [-0.4, -0.2) is 45.2 Å². The van der Waals surface area contributed by atoms with E-state index in [2.05, 4.69) is 12.2 Å². The highest BCUT2D eigenvalue weighted by Gasteiger charge is 2.51. The average molecular weight is 284 g/mol.